The number of halogens is 1. The van der Waals surface area contributed by atoms with Gasteiger partial charge in [-0.2, -0.15) is 0 Å². The maximum absolute atomic E-state index is 10.9. The highest BCUT2D eigenvalue weighted by Gasteiger charge is 1.94. The molecular formula is C9H8ClNO. The molecule has 1 aromatic carbocycles. The highest BCUT2D eigenvalue weighted by Crippen LogP contribution is 2.04. The van der Waals surface area contributed by atoms with Crippen molar-refractivity contribution >= 4 is 23.2 Å². The third-order valence-corrected chi connectivity index (χ3v) is 1.38. The number of anilines is 1. The number of hydrogen-bond acceptors (Lipinski definition) is 1. The van der Waals surface area contributed by atoms with E-state index in [1.807, 2.05) is 18.2 Å². The number of nitrogens with one attached hydrogen (secondary N) is 1. The number of hydrogen-bond donors (Lipinski definition) is 1. The predicted octanol–water partition coefficient (Wildman–Crippen LogP) is 2.38. The Kier molecular flexibility index (Phi) is 3.35. The molecule has 1 aromatic rings. The minimum Gasteiger partial charge on any atom is -0.322 e. The molecule has 0 atom stereocenters. The summed E-state index contributed by atoms with van der Waals surface area (Å²) < 4.78 is 0. The Morgan fingerprint density at radius 3 is 2.58 bits per heavy atom. The van der Waals surface area contributed by atoms with Gasteiger partial charge in [-0.25, -0.2) is 0 Å². The first-order chi connectivity index (χ1) is 5.83. The second-order valence-corrected chi connectivity index (χ2v) is 2.40. The van der Waals surface area contributed by atoms with E-state index in [2.05, 4.69) is 5.32 Å². The molecule has 0 saturated heterocycles. The molecule has 12 heavy (non-hydrogen) atoms. The molecule has 0 aromatic heterocycles. The van der Waals surface area contributed by atoms with Crippen LogP contribution in [0, 0.1) is 0 Å². The average molecular weight is 182 g/mol. The van der Waals surface area contributed by atoms with Gasteiger partial charge < -0.3 is 5.32 Å². The zero-order valence-electron chi connectivity index (χ0n) is 6.33. The zero-order chi connectivity index (χ0) is 8.81. The summed E-state index contributed by atoms with van der Waals surface area (Å²) in [6.45, 7) is 0. The summed E-state index contributed by atoms with van der Waals surface area (Å²) >= 11 is 5.22. The summed E-state index contributed by atoms with van der Waals surface area (Å²) in [6.07, 6.45) is 1.26. The molecule has 2 nitrogen and oxygen atoms in total. The molecule has 0 bridgehead atoms. The molecule has 0 heterocycles. The van der Waals surface area contributed by atoms with E-state index in [0.717, 1.165) is 5.69 Å². The molecule has 1 N–H and O–H groups in total. The highest BCUT2D eigenvalue weighted by atomic mass is 35.5. The van der Waals surface area contributed by atoms with Crippen LogP contribution in [0.25, 0.3) is 0 Å². The van der Waals surface area contributed by atoms with Crippen LogP contribution in [-0.4, -0.2) is 5.91 Å². The number of para-hydroxylation sites is 1. The van der Waals surface area contributed by atoms with Crippen LogP contribution in [0.5, 0.6) is 0 Å². The zero-order valence-corrected chi connectivity index (χ0v) is 7.08. The summed E-state index contributed by atoms with van der Waals surface area (Å²) in [7, 11) is 0. The van der Waals surface area contributed by atoms with E-state index < -0.39 is 0 Å². The van der Waals surface area contributed by atoms with E-state index >= 15 is 0 Å². The molecule has 0 radical (unpaired) electrons. The molecule has 0 aliphatic rings. The van der Waals surface area contributed by atoms with Crippen molar-refractivity contribution in [2.75, 3.05) is 5.32 Å². The predicted molar refractivity (Wildman–Crippen MR) is 50.1 cm³/mol. The Morgan fingerprint density at radius 2 is 2.00 bits per heavy atom. The van der Waals surface area contributed by atoms with Gasteiger partial charge in [0.1, 0.15) is 0 Å². The number of carbonyl (C=O) groups is 1. The van der Waals surface area contributed by atoms with Gasteiger partial charge >= 0.3 is 0 Å². The summed E-state index contributed by atoms with van der Waals surface area (Å²) in [6, 6.07) is 9.19. The van der Waals surface area contributed by atoms with Crippen LogP contribution >= 0.6 is 11.6 Å². The lowest BCUT2D eigenvalue weighted by Gasteiger charge is -1.99. The molecule has 0 saturated carbocycles. The Labute approximate surface area is 75.9 Å². The van der Waals surface area contributed by atoms with Gasteiger partial charge in [-0.3, -0.25) is 4.79 Å². The SMILES string of the molecule is O=C(C=CCl)Nc1ccccc1. The topological polar surface area (TPSA) is 29.1 Å². The van der Waals surface area contributed by atoms with Gasteiger partial charge in [-0.15, -0.1) is 0 Å². The second-order valence-electron chi connectivity index (χ2n) is 2.15. The lowest BCUT2D eigenvalue weighted by molar-refractivity contribution is -0.111. The first-order valence-corrected chi connectivity index (χ1v) is 3.89. The fourth-order valence-corrected chi connectivity index (χ4v) is 0.877. The standard InChI is InChI=1S/C9H8ClNO/c10-7-6-9(12)11-8-4-2-1-3-5-8/h1-7H,(H,11,12). The lowest BCUT2D eigenvalue weighted by atomic mass is 10.3. The van der Waals surface area contributed by atoms with Crippen molar-refractivity contribution in [3.8, 4) is 0 Å². The van der Waals surface area contributed by atoms with Crippen LogP contribution in [0.3, 0.4) is 0 Å². The van der Waals surface area contributed by atoms with Gasteiger partial charge in [0, 0.05) is 17.3 Å². The third kappa shape index (κ3) is 2.76. The van der Waals surface area contributed by atoms with Crippen molar-refractivity contribution in [1.82, 2.24) is 0 Å². The molecule has 1 rings (SSSR count). The first-order valence-electron chi connectivity index (χ1n) is 3.46. The molecule has 1 amide bonds. The maximum Gasteiger partial charge on any atom is 0.249 e. The van der Waals surface area contributed by atoms with E-state index in [1.165, 1.54) is 11.6 Å². The van der Waals surface area contributed by atoms with Gasteiger partial charge in [0.2, 0.25) is 5.91 Å². The van der Waals surface area contributed by atoms with Crippen LogP contribution in [0.15, 0.2) is 41.9 Å². The van der Waals surface area contributed by atoms with Crippen molar-refractivity contribution in [2.24, 2.45) is 0 Å². The summed E-state index contributed by atoms with van der Waals surface area (Å²) in [5, 5.41) is 2.63. The van der Waals surface area contributed by atoms with Gasteiger partial charge in [-0.05, 0) is 12.1 Å². The summed E-state index contributed by atoms with van der Waals surface area (Å²) in [4.78, 5) is 10.9. The molecule has 0 aliphatic heterocycles. The third-order valence-electron chi connectivity index (χ3n) is 1.26. The molecular weight excluding hydrogens is 174 g/mol. The van der Waals surface area contributed by atoms with Crippen molar-refractivity contribution < 1.29 is 4.79 Å². The van der Waals surface area contributed by atoms with E-state index in [4.69, 9.17) is 11.6 Å². The normalized spacial score (nSPS) is 10.1. The summed E-state index contributed by atoms with van der Waals surface area (Å²) in [5.74, 6) is -0.226. The lowest BCUT2D eigenvalue weighted by Crippen LogP contribution is -2.06. The Hall–Kier alpha value is -1.28. The largest absolute Gasteiger partial charge is 0.322 e. The fraction of sp³-hybridized carbons (Fsp3) is 0. The molecule has 0 spiro atoms. The first kappa shape index (κ1) is 8.81. The van der Waals surface area contributed by atoms with Crippen molar-refractivity contribution in [2.45, 2.75) is 0 Å². The van der Waals surface area contributed by atoms with E-state index in [0.29, 0.717) is 0 Å². The van der Waals surface area contributed by atoms with E-state index in [1.54, 1.807) is 12.1 Å². The quantitative estimate of drug-likeness (QED) is 0.698. The average Bonchev–Trinajstić information content (AvgIpc) is 2.06. The van der Waals surface area contributed by atoms with Crippen LogP contribution in [0.1, 0.15) is 0 Å². The van der Waals surface area contributed by atoms with Gasteiger partial charge in [0.25, 0.3) is 0 Å². The fourth-order valence-electron chi connectivity index (χ4n) is 0.763. The smallest absolute Gasteiger partial charge is 0.249 e. The van der Waals surface area contributed by atoms with Gasteiger partial charge in [0.15, 0.2) is 0 Å². The number of benzene rings is 1. The Morgan fingerprint density at radius 1 is 1.33 bits per heavy atom. The molecule has 3 heteroatoms. The van der Waals surface area contributed by atoms with E-state index in [-0.39, 0.29) is 5.91 Å². The van der Waals surface area contributed by atoms with Crippen LogP contribution in [-0.2, 0) is 4.79 Å². The molecule has 0 fully saturated rings. The van der Waals surface area contributed by atoms with E-state index in [9.17, 15) is 4.79 Å². The van der Waals surface area contributed by atoms with Crippen molar-refractivity contribution in [3.63, 3.8) is 0 Å². The monoisotopic (exact) mass is 181 g/mol. The number of rotatable bonds is 2. The minimum atomic E-state index is -0.226. The molecule has 0 aliphatic carbocycles. The van der Waals surface area contributed by atoms with Gasteiger partial charge in [-0.1, -0.05) is 29.8 Å². The highest BCUT2D eigenvalue weighted by molar-refractivity contribution is 6.27. The van der Waals surface area contributed by atoms with Crippen LogP contribution in [0.4, 0.5) is 5.69 Å². The van der Waals surface area contributed by atoms with Gasteiger partial charge in [0.05, 0.1) is 0 Å². The van der Waals surface area contributed by atoms with Crippen molar-refractivity contribution in [1.29, 1.82) is 0 Å². The molecule has 62 valence electrons. The number of carbonyl (C=O) groups excluding carboxylic acids is 1. The minimum absolute atomic E-state index is 0.226. The Bertz CT molecular complexity index is 282. The van der Waals surface area contributed by atoms with Crippen molar-refractivity contribution in [3.05, 3.63) is 41.9 Å². The maximum atomic E-state index is 10.9. The summed E-state index contributed by atoms with van der Waals surface area (Å²) in [5.41, 5.74) is 1.94. The van der Waals surface area contributed by atoms with Crippen LogP contribution < -0.4 is 5.32 Å². The second kappa shape index (κ2) is 4.57. The molecule has 0 unspecified atom stereocenters. The van der Waals surface area contributed by atoms with Crippen LogP contribution in [0.2, 0.25) is 0 Å². The number of amides is 1. The Balaban J connectivity index is 2.59.